The maximum absolute atomic E-state index is 16.0. The van der Waals surface area contributed by atoms with Gasteiger partial charge in [-0.3, -0.25) is 4.79 Å². The van der Waals surface area contributed by atoms with E-state index < -0.39 is 62.5 Å². The summed E-state index contributed by atoms with van der Waals surface area (Å²) in [5.74, 6) is -5.82. The molecule has 6 nitrogen and oxygen atoms in total. The molecule has 0 amide bonds. The highest BCUT2D eigenvalue weighted by Gasteiger charge is 2.37. The van der Waals surface area contributed by atoms with Crippen LogP contribution in [0.5, 0.6) is 0 Å². The first-order valence-corrected chi connectivity index (χ1v) is 10.2. The molecule has 10 heteroatoms. The number of nitrogens with zero attached hydrogens (tertiary/aromatic N) is 2. The van der Waals surface area contributed by atoms with Crippen LogP contribution in [0.15, 0.2) is 29.2 Å². The molecular weight excluding hydrogens is 442 g/mol. The van der Waals surface area contributed by atoms with E-state index in [-0.39, 0.29) is 17.5 Å². The minimum Gasteiger partial charge on any atom is -0.477 e. The summed E-state index contributed by atoms with van der Waals surface area (Å²) in [6.45, 7) is 3.98. The summed E-state index contributed by atoms with van der Waals surface area (Å²) in [6, 6.07) is 2.44. The normalized spacial score (nSPS) is 18.3. The number of halogens is 4. The van der Waals surface area contributed by atoms with Crippen molar-refractivity contribution in [1.82, 2.24) is 4.57 Å². The first-order chi connectivity index (χ1) is 15.5. The van der Waals surface area contributed by atoms with Crippen LogP contribution in [0.25, 0.3) is 16.6 Å². The highest BCUT2D eigenvalue weighted by molar-refractivity contribution is 5.96. The summed E-state index contributed by atoms with van der Waals surface area (Å²) < 4.78 is 60.4. The van der Waals surface area contributed by atoms with Crippen molar-refractivity contribution in [2.75, 3.05) is 24.5 Å². The number of carboxylic acids is 1. The van der Waals surface area contributed by atoms with Crippen molar-refractivity contribution in [2.45, 2.75) is 20.3 Å². The van der Waals surface area contributed by atoms with Gasteiger partial charge in [0.2, 0.25) is 5.43 Å². The number of benzene rings is 2. The molecule has 0 bridgehead atoms. The van der Waals surface area contributed by atoms with E-state index in [0.717, 1.165) is 22.9 Å². The van der Waals surface area contributed by atoms with Crippen molar-refractivity contribution in [1.29, 1.82) is 0 Å². The second kappa shape index (κ2) is 7.87. The van der Waals surface area contributed by atoms with E-state index in [1.807, 2.05) is 6.92 Å². The van der Waals surface area contributed by atoms with Crippen molar-refractivity contribution < 1.29 is 27.5 Å². The number of nitrogens with two attached hydrogens (primary N) is 1. The number of aromatic carboxylic acids is 1. The van der Waals surface area contributed by atoms with E-state index in [0.29, 0.717) is 25.6 Å². The Labute approximate surface area is 185 Å². The lowest BCUT2D eigenvalue weighted by Crippen LogP contribution is -2.32. The third-order valence-corrected chi connectivity index (χ3v) is 6.30. The van der Waals surface area contributed by atoms with Gasteiger partial charge in [-0.1, -0.05) is 6.92 Å². The zero-order valence-electron chi connectivity index (χ0n) is 17.9. The first kappa shape index (κ1) is 22.8. The highest BCUT2D eigenvalue weighted by atomic mass is 19.1. The van der Waals surface area contributed by atoms with Gasteiger partial charge in [-0.25, -0.2) is 22.4 Å². The average Bonchev–Trinajstić information content (AvgIpc) is 3.14. The topological polar surface area (TPSA) is 88.6 Å². The van der Waals surface area contributed by atoms with Crippen molar-refractivity contribution in [3.63, 3.8) is 0 Å². The largest absolute Gasteiger partial charge is 0.477 e. The maximum atomic E-state index is 16.0. The van der Waals surface area contributed by atoms with Gasteiger partial charge in [-0.05, 0) is 37.4 Å². The van der Waals surface area contributed by atoms with Gasteiger partial charge in [0.1, 0.15) is 22.9 Å². The number of rotatable bonds is 4. The summed E-state index contributed by atoms with van der Waals surface area (Å²) in [5.41, 5.74) is 1.95. The van der Waals surface area contributed by atoms with Gasteiger partial charge < -0.3 is 20.3 Å². The van der Waals surface area contributed by atoms with Crippen molar-refractivity contribution >= 4 is 22.6 Å². The van der Waals surface area contributed by atoms with E-state index in [2.05, 4.69) is 0 Å². The molecule has 174 valence electrons. The summed E-state index contributed by atoms with van der Waals surface area (Å²) in [5, 5.41) is 8.95. The number of carboxylic acid groups (broad SMARTS) is 1. The molecule has 0 radical (unpaired) electrons. The Hall–Kier alpha value is -3.40. The molecule has 1 saturated heterocycles. The van der Waals surface area contributed by atoms with Gasteiger partial charge in [0.25, 0.3) is 0 Å². The molecule has 3 aromatic rings. The van der Waals surface area contributed by atoms with Crippen LogP contribution in [0, 0.1) is 35.6 Å². The lowest BCUT2D eigenvalue weighted by atomic mass is 9.90. The monoisotopic (exact) mass is 463 g/mol. The lowest BCUT2D eigenvalue weighted by molar-refractivity contribution is 0.0695. The fourth-order valence-corrected chi connectivity index (χ4v) is 4.35. The number of aromatic nitrogens is 1. The number of hydrogen-bond acceptors (Lipinski definition) is 4. The summed E-state index contributed by atoms with van der Waals surface area (Å²) >= 11 is 0. The Kier molecular flexibility index (Phi) is 5.44. The molecule has 0 spiro atoms. The van der Waals surface area contributed by atoms with Crippen LogP contribution in [-0.4, -0.2) is 35.3 Å². The Bertz CT molecular complexity index is 1370. The Balaban J connectivity index is 2.13. The van der Waals surface area contributed by atoms with E-state index in [1.54, 1.807) is 0 Å². The molecule has 1 aromatic heterocycles. The van der Waals surface area contributed by atoms with Crippen LogP contribution in [0.3, 0.4) is 0 Å². The zero-order valence-corrected chi connectivity index (χ0v) is 17.9. The molecule has 1 aliphatic rings. The molecule has 1 fully saturated rings. The van der Waals surface area contributed by atoms with Gasteiger partial charge in [0.05, 0.1) is 16.6 Å². The van der Waals surface area contributed by atoms with Crippen molar-refractivity contribution in [3.05, 3.63) is 69.0 Å². The quantitative estimate of drug-likeness (QED) is 0.576. The molecule has 1 aliphatic heterocycles. The second-order valence-corrected chi connectivity index (χ2v) is 8.65. The summed E-state index contributed by atoms with van der Waals surface area (Å²) in [7, 11) is 0. The van der Waals surface area contributed by atoms with Crippen LogP contribution in [0.4, 0.5) is 23.2 Å². The van der Waals surface area contributed by atoms with Crippen LogP contribution >= 0.6 is 0 Å². The van der Waals surface area contributed by atoms with Crippen LogP contribution in [-0.2, 0) is 0 Å². The molecule has 33 heavy (non-hydrogen) atoms. The van der Waals surface area contributed by atoms with Crippen molar-refractivity contribution in [2.24, 2.45) is 11.1 Å². The Morgan fingerprint density at radius 3 is 2.48 bits per heavy atom. The van der Waals surface area contributed by atoms with Gasteiger partial charge in [0, 0.05) is 30.9 Å². The average molecular weight is 463 g/mol. The van der Waals surface area contributed by atoms with Crippen LogP contribution in [0.1, 0.15) is 29.3 Å². The number of hydrogen-bond donors (Lipinski definition) is 2. The molecular formula is C23H21F4N3O3. The lowest BCUT2D eigenvalue weighted by Gasteiger charge is -2.26. The predicted octanol–water partition coefficient (Wildman–Crippen LogP) is 3.73. The molecule has 0 aliphatic carbocycles. The Morgan fingerprint density at radius 1 is 1.21 bits per heavy atom. The van der Waals surface area contributed by atoms with Crippen molar-refractivity contribution in [3.8, 4) is 5.69 Å². The third-order valence-electron chi connectivity index (χ3n) is 6.30. The minimum absolute atomic E-state index is 0.255. The highest BCUT2D eigenvalue weighted by Crippen LogP contribution is 2.39. The second-order valence-electron chi connectivity index (χ2n) is 8.65. The molecule has 3 N–H and O–H groups in total. The van der Waals surface area contributed by atoms with Crippen LogP contribution in [0.2, 0.25) is 0 Å². The fraction of sp³-hybridized carbons (Fsp3) is 0.304. The maximum Gasteiger partial charge on any atom is 0.341 e. The standard InChI is InChI=1S/C23H21F4N3O3/c1-11-16-19(18(27)20(17(11)26)29-6-5-23(2,9-28)10-29)30(8-13(21(16)31)22(32)33)15-4-3-12(24)7-14(15)25/h3-4,7-8H,5-6,9-10,28H2,1-2H3,(H,32,33). The third kappa shape index (κ3) is 3.54. The first-order valence-electron chi connectivity index (χ1n) is 10.2. The SMILES string of the molecule is Cc1c(F)c(N2CCC(C)(CN)C2)c(F)c2c1c(=O)c(C(=O)O)cn2-c1ccc(F)cc1F. The van der Waals surface area contributed by atoms with Gasteiger partial charge >= 0.3 is 5.97 Å². The number of fused-ring (bicyclic) bond motifs is 1. The van der Waals surface area contributed by atoms with E-state index in [9.17, 15) is 23.5 Å². The molecule has 1 atom stereocenters. The van der Waals surface area contributed by atoms with Gasteiger partial charge in [-0.2, -0.15) is 0 Å². The van der Waals surface area contributed by atoms with Crippen LogP contribution < -0.4 is 16.1 Å². The van der Waals surface area contributed by atoms with E-state index in [1.165, 1.54) is 11.8 Å². The fourth-order valence-electron chi connectivity index (χ4n) is 4.35. The van der Waals surface area contributed by atoms with Gasteiger partial charge in [-0.15, -0.1) is 0 Å². The Morgan fingerprint density at radius 2 is 1.91 bits per heavy atom. The number of anilines is 1. The molecule has 2 aromatic carbocycles. The van der Waals surface area contributed by atoms with Gasteiger partial charge in [0.15, 0.2) is 11.6 Å². The minimum atomic E-state index is -1.65. The number of carbonyl (C=O) groups is 1. The summed E-state index contributed by atoms with van der Waals surface area (Å²) in [4.78, 5) is 26.0. The molecule has 0 saturated carbocycles. The zero-order chi connectivity index (χ0) is 24.2. The molecule has 1 unspecified atom stereocenters. The smallest absolute Gasteiger partial charge is 0.341 e. The molecule has 4 rings (SSSR count). The van der Waals surface area contributed by atoms with E-state index in [4.69, 9.17) is 5.73 Å². The number of aryl methyl sites for hydroxylation is 1. The van der Waals surface area contributed by atoms with E-state index >= 15 is 8.78 Å². The predicted molar refractivity (Wildman–Crippen MR) is 115 cm³/mol. The number of pyridine rings is 1. The molecule has 2 heterocycles. The summed E-state index contributed by atoms with van der Waals surface area (Å²) in [6.07, 6.45) is 1.35.